The van der Waals surface area contributed by atoms with Crippen molar-refractivity contribution in [3.05, 3.63) is 29.8 Å². The Morgan fingerprint density at radius 1 is 1.20 bits per heavy atom. The van der Waals surface area contributed by atoms with E-state index in [2.05, 4.69) is 62.4 Å². The number of ether oxygens (including phenoxy) is 1. The zero-order valence-corrected chi connectivity index (χ0v) is 14.0. The molecule has 3 heteroatoms. The lowest BCUT2D eigenvalue weighted by atomic mass is 9.83. The molecule has 0 aliphatic heterocycles. The molecule has 20 heavy (non-hydrogen) atoms. The van der Waals surface area contributed by atoms with Crippen LogP contribution in [0.3, 0.4) is 0 Å². The van der Waals surface area contributed by atoms with Crippen molar-refractivity contribution in [2.45, 2.75) is 51.8 Å². The molecule has 1 rings (SSSR count). The Kier molecular flexibility index (Phi) is 6.03. The molecule has 0 amide bonds. The molecule has 0 radical (unpaired) electrons. The second kappa shape index (κ2) is 7.09. The van der Waals surface area contributed by atoms with Crippen molar-refractivity contribution >= 4 is 0 Å². The van der Waals surface area contributed by atoms with E-state index in [4.69, 9.17) is 4.74 Å². The summed E-state index contributed by atoms with van der Waals surface area (Å²) in [5.74, 6) is 0.932. The lowest BCUT2D eigenvalue weighted by Gasteiger charge is -2.43. The highest BCUT2D eigenvalue weighted by Gasteiger charge is 2.34. The van der Waals surface area contributed by atoms with E-state index in [0.29, 0.717) is 0 Å². The lowest BCUT2D eigenvalue weighted by Crippen LogP contribution is -2.50. The lowest BCUT2D eigenvalue weighted by molar-refractivity contribution is 0.117. The summed E-state index contributed by atoms with van der Waals surface area (Å²) in [6, 6.07) is 8.74. The molecule has 0 bridgehead atoms. The van der Waals surface area contributed by atoms with Crippen molar-refractivity contribution in [2.75, 3.05) is 21.1 Å². The molecule has 0 spiro atoms. The van der Waals surface area contributed by atoms with E-state index < -0.39 is 0 Å². The number of benzene rings is 1. The standard InChI is InChI=1S/C17H30N2O/c1-8-17(4,19(6)7)16(18-5)14-9-11-15(12-10-14)20-13(2)3/h9-13,16,18H,8H2,1-7H3. The third kappa shape index (κ3) is 3.74. The molecular formula is C17H30N2O. The number of likely N-dealkylation sites (N-methyl/N-ethyl adjacent to an activating group) is 2. The minimum absolute atomic E-state index is 0.0785. The predicted molar refractivity (Wildman–Crippen MR) is 86.4 cm³/mol. The second-order valence-corrected chi connectivity index (χ2v) is 6.06. The molecule has 0 saturated carbocycles. The van der Waals surface area contributed by atoms with Crippen LogP contribution >= 0.6 is 0 Å². The zero-order chi connectivity index (χ0) is 15.3. The normalized spacial score (nSPS) is 16.2. The number of hydrogen-bond acceptors (Lipinski definition) is 3. The maximum atomic E-state index is 5.71. The van der Waals surface area contributed by atoms with Crippen molar-refractivity contribution in [2.24, 2.45) is 0 Å². The van der Waals surface area contributed by atoms with Gasteiger partial charge in [0.05, 0.1) is 12.1 Å². The average Bonchev–Trinajstić information content (AvgIpc) is 2.40. The molecule has 3 nitrogen and oxygen atoms in total. The molecule has 0 aliphatic carbocycles. The first kappa shape index (κ1) is 17.0. The van der Waals surface area contributed by atoms with Gasteiger partial charge in [-0.25, -0.2) is 0 Å². The summed E-state index contributed by atoms with van der Waals surface area (Å²) >= 11 is 0. The summed E-state index contributed by atoms with van der Waals surface area (Å²) in [7, 11) is 6.31. The highest BCUT2D eigenvalue weighted by atomic mass is 16.5. The van der Waals surface area contributed by atoms with Gasteiger partial charge < -0.3 is 15.0 Å². The monoisotopic (exact) mass is 278 g/mol. The van der Waals surface area contributed by atoms with Crippen LogP contribution in [0.15, 0.2) is 24.3 Å². The molecule has 1 aromatic carbocycles. The van der Waals surface area contributed by atoms with E-state index in [1.807, 2.05) is 20.9 Å². The molecule has 114 valence electrons. The first-order valence-electron chi connectivity index (χ1n) is 7.46. The fraction of sp³-hybridized carbons (Fsp3) is 0.647. The van der Waals surface area contributed by atoms with Gasteiger partial charge in [0.1, 0.15) is 5.75 Å². The highest BCUT2D eigenvalue weighted by molar-refractivity contribution is 5.31. The fourth-order valence-electron chi connectivity index (χ4n) is 2.63. The summed E-state index contributed by atoms with van der Waals surface area (Å²) < 4.78 is 5.71. The van der Waals surface area contributed by atoms with Crippen LogP contribution < -0.4 is 10.1 Å². The largest absolute Gasteiger partial charge is 0.491 e. The maximum absolute atomic E-state index is 5.71. The van der Waals surface area contributed by atoms with Crippen molar-refractivity contribution in [1.82, 2.24) is 10.2 Å². The van der Waals surface area contributed by atoms with Crippen LogP contribution in [0.25, 0.3) is 0 Å². The molecule has 0 heterocycles. The van der Waals surface area contributed by atoms with Crippen LogP contribution in [0, 0.1) is 0 Å². The van der Waals surface area contributed by atoms with Gasteiger partial charge in [0, 0.05) is 5.54 Å². The smallest absolute Gasteiger partial charge is 0.119 e. The molecule has 0 aromatic heterocycles. The molecule has 0 aliphatic rings. The second-order valence-electron chi connectivity index (χ2n) is 6.06. The first-order valence-corrected chi connectivity index (χ1v) is 7.46. The Balaban J connectivity index is 3.01. The van der Waals surface area contributed by atoms with Crippen molar-refractivity contribution in [3.63, 3.8) is 0 Å². The topological polar surface area (TPSA) is 24.5 Å². The van der Waals surface area contributed by atoms with Gasteiger partial charge in [0.15, 0.2) is 0 Å². The molecule has 2 unspecified atom stereocenters. The molecule has 2 atom stereocenters. The van der Waals surface area contributed by atoms with Crippen LogP contribution in [0.2, 0.25) is 0 Å². The third-order valence-electron chi connectivity index (χ3n) is 4.23. The summed E-state index contributed by atoms with van der Waals surface area (Å²) in [4.78, 5) is 2.30. The van der Waals surface area contributed by atoms with Crippen LogP contribution in [0.5, 0.6) is 5.75 Å². The Morgan fingerprint density at radius 2 is 1.75 bits per heavy atom. The quantitative estimate of drug-likeness (QED) is 0.826. The van der Waals surface area contributed by atoms with E-state index in [0.717, 1.165) is 12.2 Å². The van der Waals surface area contributed by atoms with Crippen LogP contribution in [-0.4, -0.2) is 37.7 Å². The Bertz CT molecular complexity index is 400. The summed E-state index contributed by atoms with van der Waals surface area (Å²) in [6.07, 6.45) is 1.29. The third-order valence-corrected chi connectivity index (χ3v) is 4.23. The highest BCUT2D eigenvalue weighted by Crippen LogP contribution is 2.33. The summed E-state index contributed by atoms with van der Waals surface area (Å²) in [6.45, 7) is 8.63. The van der Waals surface area contributed by atoms with E-state index in [-0.39, 0.29) is 17.7 Å². The van der Waals surface area contributed by atoms with Gasteiger partial charge in [-0.3, -0.25) is 0 Å². The van der Waals surface area contributed by atoms with E-state index in [9.17, 15) is 0 Å². The van der Waals surface area contributed by atoms with Gasteiger partial charge >= 0.3 is 0 Å². The van der Waals surface area contributed by atoms with Gasteiger partial charge in [-0.15, -0.1) is 0 Å². The van der Waals surface area contributed by atoms with Crippen LogP contribution in [0.4, 0.5) is 0 Å². The predicted octanol–water partition coefficient (Wildman–Crippen LogP) is 3.46. The van der Waals surface area contributed by atoms with Gasteiger partial charge in [-0.1, -0.05) is 19.1 Å². The molecule has 0 fully saturated rings. The maximum Gasteiger partial charge on any atom is 0.119 e. The Hall–Kier alpha value is -1.06. The van der Waals surface area contributed by atoms with Gasteiger partial charge in [0.2, 0.25) is 0 Å². The van der Waals surface area contributed by atoms with Crippen molar-refractivity contribution < 1.29 is 4.74 Å². The summed E-state index contributed by atoms with van der Waals surface area (Å²) in [5.41, 5.74) is 1.37. The van der Waals surface area contributed by atoms with Gasteiger partial charge in [-0.2, -0.15) is 0 Å². The molecule has 1 N–H and O–H groups in total. The van der Waals surface area contributed by atoms with Gasteiger partial charge in [0.25, 0.3) is 0 Å². The number of hydrogen-bond donors (Lipinski definition) is 1. The number of nitrogens with zero attached hydrogens (tertiary/aromatic N) is 1. The number of nitrogens with one attached hydrogen (secondary N) is 1. The molecule has 1 aromatic rings. The Morgan fingerprint density at radius 3 is 2.10 bits per heavy atom. The average molecular weight is 278 g/mol. The number of rotatable bonds is 7. The van der Waals surface area contributed by atoms with E-state index in [1.165, 1.54) is 5.56 Å². The zero-order valence-electron chi connectivity index (χ0n) is 14.0. The van der Waals surface area contributed by atoms with E-state index in [1.54, 1.807) is 0 Å². The fourth-order valence-corrected chi connectivity index (χ4v) is 2.63. The minimum Gasteiger partial charge on any atom is -0.491 e. The van der Waals surface area contributed by atoms with Crippen LogP contribution in [0.1, 0.15) is 45.7 Å². The van der Waals surface area contributed by atoms with Crippen molar-refractivity contribution in [3.8, 4) is 5.75 Å². The molecule has 0 saturated heterocycles. The van der Waals surface area contributed by atoms with Gasteiger partial charge in [-0.05, 0) is 66.0 Å². The minimum atomic E-state index is 0.0785. The summed E-state index contributed by atoms with van der Waals surface area (Å²) in [5, 5.41) is 3.47. The molecular weight excluding hydrogens is 248 g/mol. The SMILES string of the molecule is CCC(C)(C(NC)c1ccc(OC(C)C)cc1)N(C)C. The Labute approximate surface area is 124 Å². The van der Waals surface area contributed by atoms with Crippen molar-refractivity contribution in [1.29, 1.82) is 0 Å². The van der Waals surface area contributed by atoms with Crippen LogP contribution in [-0.2, 0) is 0 Å². The first-order chi connectivity index (χ1) is 9.35. The van der Waals surface area contributed by atoms with E-state index >= 15 is 0 Å².